The number of urea groups is 1. The molecule has 2 aromatic rings. The minimum atomic E-state index is -5.02. The average Bonchev–Trinajstić information content (AvgIpc) is 3.42. The third kappa shape index (κ3) is 8.85. The molecule has 5 rings (SSSR count). The van der Waals surface area contributed by atoms with Crippen molar-refractivity contribution in [2.75, 3.05) is 29.9 Å². The number of likely N-dealkylation sites (tertiary alicyclic amines) is 1. The van der Waals surface area contributed by atoms with Gasteiger partial charge in [0, 0.05) is 44.8 Å². The Morgan fingerprint density at radius 2 is 1.49 bits per heavy atom. The first kappa shape index (κ1) is 38.5. The number of aliphatic hydroxyl groups excluding tert-OH is 1. The Morgan fingerprint density at radius 3 is 1.94 bits per heavy atom. The van der Waals surface area contributed by atoms with E-state index in [2.05, 4.69) is 9.97 Å². The average molecular weight is 731 g/mol. The summed E-state index contributed by atoms with van der Waals surface area (Å²) in [6, 6.07) is 0.176. The van der Waals surface area contributed by atoms with Gasteiger partial charge in [0.1, 0.15) is 0 Å². The number of aromatic nitrogens is 2. The molecule has 282 valence electrons. The highest BCUT2D eigenvalue weighted by molar-refractivity contribution is 5.93. The lowest BCUT2D eigenvalue weighted by Gasteiger charge is -2.49. The van der Waals surface area contributed by atoms with E-state index in [0.717, 1.165) is 0 Å². The number of alkyl halides is 6. The number of carboxylic acid groups (broad SMARTS) is 1. The Kier molecular flexibility index (Phi) is 11.7. The molecule has 2 unspecified atom stereocenters. The fourth-order valence-electron chi connectivity index (χ4n) is 7.48. The number of anilines is 2. The van der Waals surface area contributed by atoms with Crippen molar-refractivity contribution in [2.24, 2.45) is 5.92 Å². The fourth-order valence-corrected chi connectivity index (χ4v) is 7.48. The van der Waals surface area contributed by atoms with Gasteiger partial charge in [-0.25, -0.2) is 19.7 Å². The SMILES string of the molecule is CC[C@@H]1CC(N(Cc2cc(C(F)(F)F)cc(C(F)(F)F)c2)c2ncc(N3CCN(C)C3=O)cn2)C[C@H](CC)N1C(O)OC1CCC(C(=O)O)CC1. The number of aliphatic hydroxyl groups is 1. The Labute approximate surface area is 292 Å². The van der Waals surface area contributed by atoms with E-state index in [4.69, 9.17) is 4.74 Å². The van der Waals surface area contributed by atoms with Crippen LogP contribution in [0.2, 0.25) is 0 Å². The number of aliphatic carboxylic acids is 1. The summed E-state index contributed by atoms with van der Waals surface area (Å²) in [4.78, 5) is 39.4. The summed E-state index contributed by atoms with van der Waals surface area (Å²) in [6.07, 6.45) is -5.23. The van der Waals surface area contributed by atoms with Gasteiger partial charge in [-0.1, -0.05) is 13.8 Å². The summed E-state index contributed by atoms with van der Waals surface area (Å²) in [6.45, 7) is 4.34. The molecule has 2 aliphatic heterocycles. The molecule has 17 heteroatoms. The lowest BCUT2D eigenvalue weighted by atomic mass is 9.87. The van der Waals surface area contributed by atoms with Gasteiger partial charge < -0.3 is 24.7 Å². The van der Waals surface area contributed by atoms with E-state index < -0.39 is 47.8 Å². The summed E-state index contributed by atoms with van der Waals surface area (Å²) < 4.78 is 89.0. The first-order chi connectivity index (χ1) is 24.0. The molecular weight excluding hydrogens is 686 g/mol. The van der Waals surface area contributed by atoms with Gasteiger partial charge in [0.25, 0.3) is 0 Å². The van der Waals surface area contributed by atoms with Crippen molar-refractivity contribution < 1.29 is 50.9 Å². The third-order valence-electron chi connectivity index (χ3n) is 10.3. The number of hydrogen-bond donors (Lipinski definition) is 2. The predicted octanol–water partition coefficient (Wildman–Crippen LogP) is 6.35. The monoisotopic (exact) mass is 730 g/mol. The summed E-state index contributed by atoms with van der Waals surface area (Å²) in [5.41, 5.74) is -2.68. The molecule has 2 amide bonds. The summed E-state index contributed by atoms with van der Waals surface area (Å²) in [5, 5.41) is 20.7. The maximum absolute atomic E-state index is 13.8. The van der Waals surface area contributed by atoms with Crippen LogP contribution in [0, 0.1) is 5.92 Å². The van der Waals surface area contributed by atoms with Crippen molar-refractivity contribution in [1.82, 2.24) is 19.8 Å². The van der Waals surface area contributed by atoms with Crippen LogP contribution < -0.4 is 9.80 Å². The number of carboxylic acids is 1. The van der Waals surface area contributed by atoms with Gasteiger partial charge in [0.15, 0.2) is 0 Å². The van der Waals surface area contributed by atoms with Crippen LogP contribution in [0.1, 0.15) is 81.9 Å². The molecule has 3 aliphatic rings. The number of carbonyl (C=O) groups excluding carboxylic acids is 1. The van der Waals surface area contributed by atoms with E-state index in [1.165, 1.54) is 22.2 Å². The van der Waals surface area contributed by atoms with E-state index >= 15 is 0 Å². The highest BCUT2D eigenvalue weighted by atomic mass is 19.4. The van der Waals surface area contributed by atoms with Crippen LogP contribution in [0.15, 0.2) is 30.6 Å². The van der Waals surface area contributed by atoms with E-state index in [-0.39, 0.29) is 48.3 Å². The Balaban J connectivity index is 1.45. The Morgan fingerprint density at radius 1 is 0.941 bits per heavy atom. The van der Waals surface area contributed by atoms with Gasteiger partial charge in [-0.2, -0.15) is 26.3 Å². The van der Waals surface area contributed by atoms with Gasteiger partial charge >= 0.3 is 24.4 Å². The number of likely N-dealkylation sites (N-methyl/N-ethyl adjacent to an activating group) is 1. The molecule has 4 atom stereocenters. The van der Waals surface area contributed by atoms with Crippen LogP contribution in [-0.2, 0) is 28.4 Å². The second-order valence-corrected chi connectivity index (χ2v) is 13.6. The largest absolute Gasteiger partial charge is 0.481 e. The second kappa shape index (κ2) is 15.5. The molecule has 0 bridgehead atoms. The lowest BCUT2D eigenvalue weighted by Crippen LogP contribution is -2.59. The van der Waals surface area contributed by atoms with E-state index in [0.29, 0.717) is 82.3 Å². The van der Waals surface area contributed by atoms with Crippen molar-refractivity contribution in [2.45, 2.75) is 115 Å². The molecule has 3 fully saturated rings. The molecule has 11 nitrogen and oxygen atoms in total. The highest BCUT2D eigenvalue weighted by Gasteiger charge is 2.43. The van der Waals surface area contributed by atoms with Gasteiger partial charge in [0.05, 0.1) is 41.2 Å². The van der Waals surface area contributed by atoms with E-state index in [1.54, 1.807) is 11.9 Å². The number of piperidine rings is 1. The maximum atomic E-state index is 13.8. The molecular formula is C34H44F6N6O5. The highest BCUT2D eigenvalue weighted by Crippen LogP contribution is 2.39. The number of rotatable bonds is 11. The number of carbonyl (C=O) groups is 2. The Hall–Kier alpha value is -3.70. The normalized spacial score (nSPS) is 25.7. The second-order valence-electron chi connectivity index (χ2n) is 13.6. The number of halogens is 6. The first-order valence-electron chi connectivity index (χ1n) is 17.2. The van der Waals surface area contributed by atoms with Crippen molar-refractivity contribution in [3.63, 3.8) is 0 Å². The van der Waals surface area contributed by atoms with E-state index in [1.807, 2.05) is 18.7 Å². The third-order valence-corrected chi connectivity index (χ3v) is 10.3. The summed E-state index contributed by atoms with van der Waals surface area (Å²) in [5.74, 6) is -1.24. The molecule has 1 saturated carbocycles. The fraction of sp³-hybridized carbons (Fsp3) is 0.647. The predicted molar refractivity (Wildman–Crippen MR) is 174 cm³/mol. The standard InChI is InChI=1S/C34H44F6N6O5/c1-4-24-15-26(16-25(5-2)46(24)32(50)51-28-8-6-21(7-9-28)29(47)48)45(30-41-17-27(18-42-30)44-11-10-43(3)31(44)49)19-20-12-22(33(35,36)37)14-23(13-20)34(38,39)40/h12-14,17-18,21,24-26,28,32,50H,4-11,15-16,19H2,1-3H3,(H,47,48)/t21?,24-,25+,26?,28?,32?. The van der Waals surface area contributed by atoms with E-state index in [9.17, 15) is 46.1 Å². The maximum Gasteiger partial charge on any atom is 0.416 e. The van der Waals surface area contributed by atoms with Crippen LogP contribution >= 0.6 is 0 Å². The van der Waals surface area contributed by atoms with Crippen LogP contribution in [0.25, 0.3) is 0 Å². The molecule has 1 aromatic carbocycles. The van der Waals surface area contributed by atoms with Gasteiger partial charge in [-0.3, -0.25) is 9.69 Å². The molecule has 0 radical (unpaired) electrons. The van der Waals surface area contributed by atoms with Crippen molar-refractivity contribution in [1.29, 1.82) is 0 Å². The molecule has 2 saturated heterocycles. The zero-order valence-corrected chi connectivity index (χ0v) is 28.7. The van der Waals surface area contributed by atoms with Crippen molar-refractivity contribution in [3.05, 3.63) is 47.3 Å². The number of ether oxygens (including phenoxy) is 1. The molecule has 1 aromatic heterocycles. The van der Waals surface area contributed by atoms with Crippen molar-refractivity contribution in [3.8, 4) is 0 Å². The number of amides is 2. The topological polar surface area (TPSA) is 123 Å². The summed E-state index contributed by atoms with van der Waals surface area (Å²) >= 11 is 0. The molecule has 51 heavy (non-hydrogen) atoms. The quantitative estimate of drug-likeness (QED) is 0.201. The van der Waals surface area contributed by atoms with Crippen LogP contribution in [-0.4, -0.2) is 92.8 Å². The zero-order chi connectivity index (χ0) is 37.2. The smallest absolute Gasteiger partial charge is 0.416 e. The van der Waals surface area contributed by atoms with Crippen molar-refractivity contribution >= 4 is 23.6 Å². The van der Waals surface area contributed by atoms with Crippen LogP contribution in [0.5, 0.6) is 0 Å². The molecule has 2 N–H and O–H groups in total. The summed E-state index contributed by atoms with van der Waals surface area (Å²) in [7, 11) is 1.65. The number of hydrogen-bond acceptors (Lipinski definition) is 8. The minimum absolute atomic E-state index is 0.0693. The molecule has 3 heterocycles. The molecule has 0 spiro atoms. The van der Waals surface area contributed by atoms with Gasteiger partial charge in [-0.05, 0) is 75.1 Å². The lowest BCUT2D eigenvalue weighted by molar-refractivity contribution is -0.252. The Bertz CT molecular complexity index is 1470. The minimum Gasteiger partial charge on any atom is -0.481 e. The molecule has 1 aliphatic carbocycles. The van der Waals surface area contributed by atoms with Gasteiger partial charge in [-0.15, -0.1) is 0 Å². The van der Waals surface area contributed by atoms with Crippen LogP contribution in [0.3, 0.4) is 0 Å². The first-order valence-corrected chi connectivity index (χ1v) is 17.2. The van der Waals surface area contributed by atoms with Crippen LogP contribution in [0.4, 0.5) is 42.8 Å². The number of benzene rings is 1. The zero-order valence-electron chi connectivity index (χ0n) is 28.7. The van der Waals surface area contributed by atoms with Gasteiger partial charge in [0.2, 0.25) is 12.4 Å². The number of nitrogens with zero attached hydrogens (tertiary/aromatic N) is 6.